The Hall–Kier alpha value is -0.000000000000000111. The molecule has 0 saturated carbocycles. The molecule has 12 heavy (non-hydrogen) atoms. The van der Waals surface area contributed by atoms with E-state index in [1.807, 2.05) is 6.20 Å². The first-order chi connectivity index (χ1) is 5.74. The summed E-state index contributed by atoms with van der Waals surface area (Å²) < 4.78 is 0. The number of carbonyl (C=O) groups excluding carboxylic acids is 1. The van der Waals surface area contributed by atoms with Gasteiger partial charge in [0, 0.05) is 17.3 Å². The van der Waals surface area contributed by atoms with Gasteiger partial charge in [-0.05, 0) is 5.57 Å². The van der Waals surface area contributed by atoms with Crippen LogP contribution in [0.3, 0.4) is 0 Å². The molecular formula is C7H9BrN2OS. The van der Waals surface area contributed by atoms with Crippen molar-refractivity contribution in [3.8, 4) is 0 Å². The summed E-state index contributed by atoms with van der Waals surface area (Å²) in [6.45, 7) is 0. The maximum absolute atomic E-state index is 11.2. The van der Waals surface area contributed by atoms with Crippen LogP contribution in [0, 0.1) is 0 Å². The number of halogens is 1. The van der Waals surface area contributed by atoms with Crippen molar-refractivity contribution in [1.82, 2.24) is 4.90 Å². The summed E-state index contributed by atoms with van der Waals surface area (Å²) in [6.07, 6.45) is 1.92. The molecule has 1 fully saturated rings. The van der Waals surface area contributed by atoms with Crippen LogP contribution >= 0.6 is 27.7 Å². The molecule has 2 atom stereocenters. The van der Waals surface area contributed by atoms with Gasteiger partial charge in [0.2, 0.25) is 5.91 Å². The van der Waals surface area contributed by atoms with E-state index in [0.717, 1.165) is 11.1 Å². The fourth-order valence-corrected chi connectivity index (χ4v) is 3.15. The predicted molar refractivity (Wildman–Crippen MR) is 52.9 cm³/mol. The topological polar surface area (TPSA) is 46.3 Å². The number of nitrogens with zero attached hydrogens (tertiary/aromatic N) is 1. The molecule has 2 rings (SSSR count). The number of amides is 1. The summed E-state index contributed by atoms with van der Waals surface area (Å²) >= 11 is 5.11. The van der Waals surface area contributed by atoms with Crippen molar-refractivity contribution >= 4 is 33.6 Å². The highest BCUT2D eigenvalue weighted by Gasteiger charge is 2.45. The van der Waals surface area contributed by atoms with Crippen molar-refractivity contribution in [3.63, 3.8) is 0 Å². The van der Waals surface area contributed by atoms with Crippen LogP contribution in [0.4, 0.5) is 0 Å². The Morgan fingerprint density at radius 3 is 3.25 bits per heavy atom. The predicted octanol–water partition coefficient (Wildman–Crippen LogP) is 0.508. The molecule has 66 valence electrons. The smallest absolute Gasteiger partial charge is 0.247 e. The molecule has 0 aromatic rings. The van der Waals surface area contributed by atoms with Gasteiger partial charge < -0.3 is 10.6 Å². The summed E-state index contributed by atoms with van der Waals surface area (Å²) in [5.74, 6) is 1.03. The zero-order valence-electron chi connectivity index (χ0n) is 6.37. The molecule has 1 saturated heterocycles. The van der Waals surface area contributed by atoms with Crippen LogP contribution in [0.5, 0.6) is 0 Å². The number of thioether (sulfide) groups is 1. The molecule has 1 amide bonds. The van der Waals surface area contributed by atoms with E-state index in [0.29, 0.717) is 0 Å². The molecule has 3 nitrogen and oxygen atoms in total. The second-order valence-corrected chi connectivity index (χ2v) is 4.56. The lowest BCUT2D eigenvalue weighted by Gasteiger charge is -2.45. The van der Waals surface area contributed by atoms with Crippen LogP contribution in [-0.2, 0) is 4.79 Å². The van der Waals surface area contributed by atoms with Crippen molar-refractivity contribution in [2.24, 2.45) is 5.73 Å². The van der Waals surface area contributed by atoms with E-state index in [1.165, 1.54) is 5.57 Å². The van der Waals surface area contributed by atoms with Gasteiger partial charge in [0.25, 0.3) is 0 Å². The number of nitrogens with two attached hydrogens (primary N) is 1. The largest absolute Gasteiger partial charge is 0.317 e. The number of rotatable bonds is 1. The Morgan fingerprint density at radius 2 is 2.58 bits per heavy atom. The van der Waals surface area contributed by atoms with Crippen molar-refractivity contribution in [2.45, 2.75) is 11.4 Å². The van der Waals surface area contributed by atoms with E-state index in [2.05, 4.69) is 15.9 Å². The van der Waals surface area contributed by atoms with Gasteiger partial charge in [0.1, 0.15) is 11.4 Å². The first-order valence-electron chi connectivity index (χ1n) is 3.69. The third-order valence-electron chi connectivity index (χ3n) is 2.05. The first kappa shape index (κ1) is 8.59. The molecule has 0 bridgehead atoms. The lowest BCUT2D eigenvalue weighted by atomic mass is 10.1. The summed E-state index contributed by atoms with van der Waals surface area (Å²) in [5.41, 5.74) is 6.86. The van der Waals surface area contributed by atoms with Crippen LogP contribution in [-0.4, -0.2) is 33.3 Å². The SMILES string of the molecule is NC1C(=O)N2C=C(CBr)CSC12. The molecule has 2 aliphatic heterocycles. The van der Waals surface area contributed by atoms with Crippen LogP contribution < -0.4 is 5.73 Å². The highest BCUT2D eigenvalue weighted by atomic mass is 79.9. The van der Waals surface area contributed by atoms with Gasteiger partial charge in [-0.25, -0.2) is 0 Å². The summed E-state index contributed by atoms with van der Waals surface area (Å²) in [4.78, 5) is 12.9. The number of alkyl halides is 1. The van der Waals surface area contributed by atoms with E-state index in [-0.39, 0.29) is 17.3 Å². The first-order valence-corrected chi connectivity index (χ1v) is 5.86. The number of fused-ring (bicyclic) bond motifs is 1. The van der Waals surface area contributed by atoms with Crippen molar-refractivity contribution in [3.05, 3.63) is 11.8 Å². The Kier molecular flexibility index (Phi) is 2.18. The highest BCUT2D eigenvalue weighted by molar-refractivity contribution is 9.09. The standard InChI is InChI=1S/C7H9BrN2OS/c8-1-4-2-10-6(11)5(9)7(10)12-3-4/h2,5,7H,1,3,9H2. The number of hydrogen-bond acceptors (Lipinski definition) is 3. The van der Waals surface area contributed by atoms with Crippen LogP contribution in [0.15, 0.2) is 11.8 Å². The molecule has 0 radical (unpaired) electrons. The lowest BCUT2D eigenvalue weighted by Crippen LogP contribution is -2.66. The molecule has 5 heteroatoms. The molecule has 0 spiro atoms. The van der Waals surface area contributed by atoms with E-state index < -0.39 is 0 Å². The number of hydrogen-bond donors (Lipinski definition) is 1. The summed E-state index contributed by atoms with van der Waals surface area (Å²) in [6, 6.07) is -0.275. The van der Waals surface area contributed by atoms with Gasteiger partial charge in [0.05, 0.1) is 0 Å². The van der Waals surface area contributed by atoms with Gasteiger partial charge in [-0.2, -0.15) is 0 Å². The Balaban J connectivity index is 2.15. The van der Waals surface area contributed by atoms with E-state index >= 15 is 0 Å². The molecule has 2 heterocycles. The third kappa shape index (κ3) is 1.11. The molecule has 0 aromatic heterocycles. The fraction of sp³-hybridized carbons (Fsp3) is 0.571. The van der Waals surface area contributed by atoms with Gasteiger partial charge in [-0.15, -0.1) is 11.8 Å². The minimum atomic E-state index is -0.275. The van der Waals surface area contributed by atoms with Crippen LogP contribution in [0.2, 0.25) is 0 Å². The molecule has 0 aromatic carbocycles. The molecule has 0 aliphatic carbocycles. The highest BCUT2D eigenvalue weighted by Crippen LogP contribution is 2.35. The Bertz CT molecular complexity index is 256. The van der Waals surface area contributed by atoms with Crippen LogP contribution in [0.1, 0.15) is 0 Å². The normalized spacial score (nSPS) is 34.0. The monoisotopic (exact) mass is 248 g/mol. The molecule has 2 aliphatic rings. The van der Waals surface area contributed by atoms with Crippen molar-refractivity contribution in [2.75, 3.05) is 11.1 Å². The Labute approximate surface area is 83.5 Å². The quantitative estimate of drug-likeness (QED) is 0.544. The van der Waals surface area contributed by atoms with Gasteiger partial charge >= 0.3 is 0 Å². The van der Waals surface area contributed by atoms with Gasteiger partial charge in [0.15, 0.2) is 0 Å². The maximum Gasteiger partial charge on any atom is 0.247 e. The van der Waals surface area contributed by atoms with Crippen molar-refractivity contribution in [1.29, 1.82) is 0 Å². The maximum atomic E-state index is 11.2. The van der Waals surface area contributed by atoms with E-state index in [9.17, 15) is 4.79 Å². The Morgan fingerprint density at radius 1 is 1.83 bits per heavy atom. The van der Waals surface area contributed by atoms with Gasteiger partial charge in [-0.1, -0.05) is 15.9 Å². The lowest BCUT2D eigenvalue weighted by molar-refractivity contribution is -0.140. The molecular weight excluding hydrogens is 240 g/mol. The summed E-state index contributed by atoms with van der Waals surface area (Å²) in [7, 11) is 0. The fourth-order valence-electron chi connectivity index (χ4n) is 1.33. The second-order valence-electron chi connectivity index (χ2n) is 2.89. The summed E-state index contributed by atoms with van der Waals surface area (Å²) in [5, 5.41) is 1.03. The third-order valence-corrected chi connectivity index (χ3v) is 4.17. The second kappa shape index (κ2) is 3.05. The molecule has 2 unspecified atom stereocenters. The average molecular weight is 249 g/mol. The van der Waals surface area contributed by atoms with Gasteiger partial charge in [-0.3, -0.25) is 4.79 Å². The van der Waals surface area contributed by atoms with Crippen LogP contribution in [0.25, 0.3) is 0 Å². The minimum Gasteiger partial charge on any atom is -0.317 e. The minimum absolute atomic E-state index is 0.0469. The van der Waals surface area contributed by atoms with E-state index in [4.69, 9.17) is 5.73 Å². The average Bonchev–Trinajstić information content (AvgIpc) is 2.15. The molecule has 2 N–H and O–H groups in total. The number of carbonyl (C=O) groups is 1. The van der Waals surface area contributed by atoms with E-state index in [1.54, 1.807) is 16.7 Å². The zero-order chi connectivity index (χ0) is 8.72. The van der Waals surface area contributed by atoms with Crippen molar-refractivity contribution < 1.29 is 4.79 Å². The number of β-lactam (4-membered cyclic amide) rings is 1. The zero-order valence-corrected chi connectivity index (χ0v) is 8.77.